The van der Waals surface area contributed by atoms with Crippen LogP contribution < -0.4 is 5.32 Å². The summed E-state index contributed by atoms with van der Waals surface area (Å²) in [5.41, 5.74) is 4.69. The van der Waals surface area contributed by atoms with Crippen LogP contribution in [0.3, 0.4) is 0 Å². The van der Waals surface area contributed by atoms with E-state index in [1.54, 1.807) is 6.07 Å². The molecule has 1 fully saturated rings. The molecule has 3 rings (SSSR count). The molecule has 1 saturated heterocycles. The van der Waals surface area contributed by atoms with Crippen LogP contribution in [0, 0.1) is 19.7 Å². The van der Waals surface area contributed by atoms with Crippen molar-refractivity contribution in [1.82, 2.24) is 5.32 Å². The smallest absolute Gasteiger partial charge is 0.126 e. The number of nitrogens with one attached hydrogen (secondary N) is 1. The topological polar surface area (TPSA) is 12.0 Å². The maximum Gasteiger partial charge on any atom is 0.126 e. The maximum atomic E-state index is 13.5. The van der Waals surface area contributed by atoms with Crippen molar-refractivity contribution in [1.29, 1.82) is 0 Å². The molecule has 0 amide bonds. The normalized spacial score (nSPS) is 22.2. The van der Waals surface area contributed by atoms with Gasteiger partial charge >= 0.3 is 0 Å². The molecule has 110 valence electrons. The van der Waals surface area contributed by atoms with E-state index in [9.17, 15) is 4.39 Å². The molecular weight excluding hydrogens is 261 g/mol. The number of hydrogen-bond donors (Lipinski definition) is 1. The lowest BCUT2D eigenvalue weighted by atomic mass is 9.77. The number of halogens is 1. The minimum atomic E-state index is -0.111. The highest BCUT2D eigenvalue weighted by atomic mass is 19.1. The zero-order chi connectivity index (χ0) is 14.8. The Morgan fingerprint density at radius 2 is 1.81 bits per heavy atom. The first-order chi connectivity index (χ1) is 10.1. The van der Waals surface area contributed by atoms with Crippen molar-refractivity contribution >= 4 is 0 Å². The van der Waals surface area contributed by atoms with Gasteiger partial charge < -0.3 is 5.32 Å². The molecule has 1 aliphatic rings. The van der Waals surface area contributed by atoms with Gasteiger partial charge in [0.05, 0.1) is 0 Å². The Bertz CT molecular complexity index is 635. The Morgan fingerprint density at radius 1 is 1.00 bits per heavy atom. The third-order valence-electron chi connectivity index (χ3n) is 4.56. The van der Waals surface area contributed by atoms with E-state index in [1.165, 1.54) is 16.7 Å². The van der Waals surface area contributed by atoms with Crippen LogP contribution in [0.5, 0.6) is 0 Å². The minimum Gasteiger partial charge on any atom is -0.316 e. The number of hydrogen-bond acceptors (Lipinski definition) is 1. The number of benzene rings is 2. The van der Waals surface area contributed by atoms with Crippen LogP contribution in [0.1, 0.15) is 40.5 Å². The van der Waals surface area contributed by atoms with Gasteiger partial charge in [-0.1, -0.05) is 42.0 Å². The Balaban J connectivity index is 1.96. The third kappa shape index (κ3) is 3.01. The summed E-state index contributed by atoms with van der Waals surface area (Å²) in [6.45, 7) is 6.01. The van der Waals surface area contributed by atoms with E-state index in [4.69, 9.17) is 0 Å². The highest BCUT2D eigenvalue weighted by molar-refractivity contribution is 5.34. The Hall–Kier alpha value is -1.67. The third-order valence-corrected chi connectivity index (χ3v) is 4.56. The molecule has 2 aromatic carbocycles. The fourth-order valence-electron chi connectivity index (χ4n) is 3.41. The van der Waals surface area contributed by atoms with Crippen molar-refractivity contribution in [3.8, 4) is 0 Å². The molecule has 2 atom stereocenters. The molecule has 0 radical (unpaired) electrons. The highest BCUT2D eigenvalue weighted by Gasteiger charge is 2.28. The predicted octanol–water partition coefficient (Wildman–Crippen LogP) is 4.30. The SMILES string of the molecule is Cc1cccc(C2CNCCC2c2ccc(F)c(C)c2)c1. The second kappa shape index (κ2) is 5.98. The summed E-state index contributed by atoms with van der Waals surface area (Å²) in [6.07, 6.45) is 1.10. The van der Waals surface area contributed by atoms with Crippen molar-refractivity contribution in [3.05, 3.63) is 70.5 Å². The Morgan fingerprint density at radius 3 is 2.57 bits per heavy atom. The van der Waals surface area contributed by atoms with Crippen molar-refractivity contribution in [2.75, 3.05) is 13.1 Å². The van der Waals surface area contributed by atoms with E-state index in [0.717, 1.165) is 25.1 Å². The van der Waals surface area contributed by atoms with Gasteiger partial charge in [0.15, 0.2) is 0 Å². The van der Waals surface area contributed by atoms with Crippen molar-refractivity contribution in [3.63, 3.8) is 0 Å². The second-order valence-corrected chi connectivity index (χ2v) is 6.13. The molecule has 0 saturated carbocycles. The standard InChI is InChI=1S/C19H22FN/c1-13-4-3-5-15(10-13)18-12-21-9-8-17(18)16-6-7-19(20)14(2)11-16/h3-7,10-11,17-18,21H,8-9,12H2,1-2H3. The van der Waals surface area contributed by atoms with Gasteiger partial charge in [-0.25, -0.2) is 4.39 Å². The number of aryl methyl sites for hydroxylation is 2. The quantitative estimate of drug-likeness (QED) is 0.866. The van der Waals surface area contributed by atoms with E-state index in [2.05, 4.69) is 36.5 Å². The van der Waals surface area contributed by atoms with Crippen LogP contribution in [0.2, 0.25) is 0 Å². The second-order valence-electron chi connectivity index (χ2n) is 6.13. The van der Waals surface area contributed by atoms with Gasteiger partial charge in [0, 0.05) is 12.5 Å². The Kier molecular flexibility index (Phi) is 4.07. The van der Waals surface area contributed by atoms with Crippen LogP contribution in [-0.4, -0.2) is 13.1 Å². The van der Waals surface area contributed by atoms with Crippen LogP contribution in [-0.2, 0) is 0 Å². The van der Waals surface area contributed by atoms with E-state index < -0.39 is 0 Å². The predicted molar refractivity (Wildman–Crippen MR) is 85.3 cm³/mol. The molecule has 0 bridgehead atoms. The lowest BCUT2D eigenvalue weighted by Crippen LogP contribution is -2.34. The first-order valence-corrected chi connectivity index (χ1v) is 7.68. The molecular formula is C19H22FN. The summed E-state index contributed by atoms with van der Waals surface area (Å²) in [5.74, 6) is 0.815. The van der Waals surface area contributed by atoms with Gasteiger partial charge in [-0.05, 0) is 55.5 Å². The monoisotopic (exact) mass is 283 g/mol. The van der Waals surface area contributed by atoms with Gasteiger partial charge in [0.2, 0.25) is 0 Å². The molecule has 21 heavy (non-hydrogen) atoms. The summed E-state index contributed by atoms with van der Waals surface area (Å²) in [7, 11) is 0. The molecule has 0 spiro atoms. The first-order valence-electron chi connectivity index (χ1n) is 7.68. The summed E-state index contributed by atoms with van der Waals surface area (Å²) in [6, 6.07) is 14.4. The molecule has 0 aromatic heterocycles. The molecule has 1 aliphatic heterocycles. The molecule has 1 nitrogen and oxygen atoms in total. The van der Waals surface area contributed by atoms with Crippen molar-refractivity contribution in [2.24, 2.45) is 0 Å². The molecule has 2 unspecified atom stereocenters. The summed E-state index contributed by atoms with van der Waals surface area (Å²) < 4.78 is 13.5. The summed E-state index contributed by atoms with van der Waals surface area (Å²) in [4.78, 5) is 0. The fourth-order valence-corrected chi connectivity index (χ4v) is 3.41. The van der Waals surface area contributed by atoms with E-state index in [1.807, 2.05) is 19.1 Å². The summed E-state index contributed by atoms with van der Waals surface area (Å²) >= 11 is 0. The highest BCUT2D eigenvalue weighted by Crippen LogP contribution is 2.38. The lowest BCUT2D eigenvalue weighted by Gasteiger charge is -2.33. The van der Waals surface area contributed by atoms with Crippen LogP contribution in [0.15, 0.2) is 42.5 Å². The van der Waals surface area contributed by atoms with E-state index in [0.29, 0.717) is 11.8 Å². The van der Waals surface area contributed by atoms with Crippen LogP contribution in [0.25, 0.3) is 0 Å². The average molecular weight is 283 g/mol. The first kappa shape index (κ1) is 14.3. The molecule has 2 heteroatoms. The largest absolute Gasteiger partial charge is 0.316 e. The minimum absolute atomic E-state index is 0.111. The van der Waals surface area contributed by atoms with E-state index in [-0.39, 0.29) is 5.82 Å². The van der Waals surface area contributed by atoms with Gasteiger partial charge in [0.1, 0.15) is 5.82 Å². The van der Waals surface area contributed by atoms with Crippen molar-refractivity contribution in [2.45, 2.75) is 32.1 Å². The zero-order valence-corrected chi connectivity index (χ0v) is 12.7. The van der Waals surface area contributed by atoms with Crippen LogP contribution in [0.4, 0.5) is 4.39 Å². The van der Waals surface area contributed by atoms with E-state index >= 15 is 0 Å². The van der Waals surface area contributed by atoms with Gasteiger partial charge in [0.25, 0.3) is 0 Å². The van der Waals surface area contributed by atoms with Crippen molar-refractivity contribution < 1.29 is 4.39 Å². The fraction of sp³-hybridized carbons (Fsp3) is 0.368. The average Bonchev–Trinajstić information content (AvgIpc) is 2.50. The lowest BCUT2D eigenvalue weighted by molar-refractivity contribution is 0.403. The number of rotatable bonds is 2. The molecule has 1 N–H and O–H groups in total. The molecule has 2 aromatic rings. The van der Waals surface area contributed by atoms with Gasteiger partial charge in [-0.15, -0.1) is 0 Å². The maximum absolute atomic E-state index is 13.5. The zero-order valence-electron chi connectivity index (χ0n) is 12.7. The molecule has 0 aliphatic carbocycles. The van der Waals surface area contributed by atoms with Crippen LogP contribution >= 0.6 is 0 Å². The van der Waals surface area contributed by atoms with Gasteiger partial charge in [-0.3, -0.25) is 0 Å². The summed E-state index contributed by atoms with van der Waals surface area (Å²) in [5, 5.41) is 3.50. The Labute approximate surface area is 126 Å². The number of piperidine rings is 1. The van der Waals surface area contributed by atoms with Gasteiger partial charge in [-0.2, -0.15) is 0 Å². The molecule has 1 heterocycles.